The maximum atomic E-state index is 13.1. The summed E-state index contributed by atoms with van der Waals surface area (Å²) in [7, 11) is 1.57. The average Bonchev–Trinajstić information content (AvgIpc) is 2.74. The number of ether oxygens (including phenoxy) is 1. The fraction of sp³-hybridized carbons (Fsp3) is 0.429. The van der Waals surface area contributed by atoms with Crippen LogP contribution in [0.5, 0.6) is 0 Å². The van der Waals surface area contributed by atoms with E-state index in [0.29, 0.717) is 29.8 Å². The standard InChI is InChI=1S/C21H25N5O3/c1-29-12-11-26-18(22)15(20(27)23-14-7-3-2-4-8-14)13-16-19(26)24-17-9-5-6-10-25(17)21(16)28/h5-6,9-10,13-14,22H,2-4,7-8,11-12H2,1H3,(H,23,27). The van der Waals surface area contributed by atoms with E-state index < -0.39 is 0 Å². The van der Waals surface area contributed by atoms with Crippen LogP contribution in [-0.4, -0.2) is 39.6 Å². The van der Waals surface area contributed by atoms with Gasteiger partial charge >= 0.3 is 0 Å². The van der Waals surface area contributed by atoms with Crippen molar-refractivity contribution in [2.24, 2.45) is 0 Å². The predicted octanol–water partition coefficient (Wildman–Crippen LogP) is 1.84. The number of carbonyl (C=O) groups is 1. The molecule has 0 unspecified atom stereocenters. The second-order valence-corrected chi connectivity index (χ2v) is 7.44. The highest BCUT2D eigenvalue weighted by atomic mass is 16.5. The summed E-state index contributed by atoms with van der Waals surface area (Å²) in [5, 5.41) is 12.0. The second-order valence-electron chi connectivity index (χ2n) is 7.44. The highest BCUT2D eigenvalue weighted by Crippen LogP contribution is 2.18. The molecule has 0 radical (unpaired) electrons. The molecule has 1 fully saturated rings. The topological polar surface area (TPSA) is 101 Å². The van der Waals surface area contributed by atoms with E-state index in [1.165, 1.54) is 16.9 Å². The van der Waals surface area contributed by atoms with Gasteiger partial charge < -0.3 is 14.6 Å². The highest BCUT2D eigenvalue weighted by Gasteiger charge is 2.21. The molecule has 3 aromatic rings. The molecule has 0 saturated heterocycles. The van der Waals surface area contributed by atoms with Gasteiger partial charge in [0.05, 0.1) is 17.6 Å². The van der Waals surface area contributed by atoms with Crippen LogP contribution in [0.4, 0.5) is 0 Å². The van der Waals surface area contributed by atoms with Crippen molar-refractivity contribution in [3.63, 3.8) is 0 Å². The molecular formula is C21H25N5O3. The summed E-state index contributed by atoms with van der Waals surface area (Å²) in [6, 6.07) is 6.94. The highest BCUT2D eigenvalue weighted by molar-refractivity contribution is 5.97. The summed E-state index contributed by atoms with van der Waals surface area (Å²) >= 11 is 0. The van der Waals surface area contributed by atoms with Crippen LogP contribution >= 0.6 is 0 Å². The molecule has 1 amide bonds. The Morgan fingerprint density at radius 3 is 2.86 bits per heavy atom. The van der Waals surface area contributed by atoms with Crippen molar-refractivity contribution in [2.75, 3.05) is 13.7 Å². The number of hydrogen-bond donors (Lipinski definition) is 2. The Morgan fingerprint density at radius 2 is 2.10 bits per heavy atom. The molecule has 1 aliphatic carbocycles. The lowest BCUT2D eigenvalue weighted by Gasteiger charge is -2.23. The molecular weight excluding hydrogens is 370 g/mol. The van der Waals surface area contributed by atoms with Crippen LogP contribution in [-0.2, 0) is 11.3 Å². The molecule has 3 heterocycles. The van der Waals surface area contributed by atoms with E-state index in [9.17, 15) is 9.59 Å². The summed E-state index contributed by atoms with van der Waals surface area (Å²) in [4.78, 5) is 30.6. The van der Waals surface area contributed by atoms with Gasteiger partial charge in [-0.2, -0.15) is 0 Å². The van der Waals surface area contributed by atoms with Crippen molar-refractivity contribution in [1.82, 2.24) is 19.3 Å². The summed E-state index contributed by atoms with van der Waals surface area (Å²) in [6.07, 6.45) is 6.94. The number of aromatic nitrogens is 3. The molecule has 29 heavy (non-hydrogen) atoms. The van der Waals surface area contributed by atoms with Gasteiger partial charge in [0.25, 0.3) is 11.5 Å². The lowest BCUT2D eigenvalue weighted by atomic mass is 9.95. The van der Waals surface area contributed by atoms with Gasteiger partial charge in [0, 0.05) is 25.9 Å². The second kappa shape index (κ2) is 8.16. The third-order valence-electron chi connectivity index (χ3n) is 5.52. The van der Waals surface area contributed by atoms with Crippen molar-refractivity contribution in [3.8, 4) is 0 Å². The van der Waals surface area contributed by atoms with E-state index in [1.807, 2.05) is 0 Å². The maximum Gasteiger partial charge on any atom is 0.267 e. The number of carbonyl (C=O) groups excluding carboxylic acids is 1. The first-order valence-electron chi connectivity index (χ1n) is 9.99. The number of hydrogen-bond acceptors (Lipinski definition) is 5. The molecule has 3 aromatic heterocycles. The molecule has 0 spiro atoms. The van der Waals surface area contributed by atoms with Gasteiger partial charge in [-0.05, 0) is 31.0 Å². The Balaban J connectivity index is 1.88. The van der Waals surface area contributed by atoms with Crippen molar-refractivity contribution >= 4 is 22.6 Å². The SMILES string of the molecule is COCCn1c(=N)c(C(=O)NC2CCCCC2)cc2c(=O)n3ccccc3nc21. The molecule has 1 saturated carbocycles. The number of nitrogens with one attached hydrogen (secondary N) is 2. The Kier molecular flexibility index (Phi) is 5.44. The Bertz CT molecular complexity index is 1170. The molecule has 0 aliphatic heterocycles. The number of pyridine rings is 2. The van der Waals surface area contributed by atoms with Crippen LogP contribution < -0.4 is 16.4 Å². The van der Waals surface area contributed by atoms with E-state index >= 15 is 0 Å². The van der Waals surface area contributed by atoms with Gasteiger partial charge in [0.15, 0.2) is 0 Å². The van der Waals surface area contributed by atoms with Crippen LogP contribution in [0, 0.1) is 5.41 Å². The van der Waals surface area contributed by atoms with Crippen LogP contribution in [0.3, 0.4) is 0 Å². The average molecular weight is 395 g/mol. The zero-order valence-corrected chi connectivity index (χ0v) is 16.5. The van der Waals surface area contributed by atoms with Crippen molar-refractivity contribution in [1.29, 1.82) is 5.41 Å². The van der Waals surface area contributed by atoms with E-state index in [2.05, 4.69) is 10.3 Å². The molecule has 0 aromatic carbocycles. The van der Waals surface area contributed by atoms with Gasteiger partial charge in [-0.15, -0.1) is 0 Å². The van der Waals surface area contributed by atoms with Gasteiger partial charge in [-0.3, -0.25) is 19.4 Å². The predicted molar refractivity (Wildman–Crippen MR) is 109 cm³/mol. The summed E-state index contributed by atoms with van der Waals surface area (Å²) in [6.45, 7) is 0.668. The Labute approximate surface area is 167 Å². The largest absolute Gasteiger partial charge is 0.383 e. The van der Waals surface area contributed by atoms with Gasteiger partial charge in [0.1, 0.15) is 16.8 Å². The van der Waals surface area contributed by atoms with Crippen molar-refractivity contribution in [3.05, 3.63) is 51.9 Å². The molecule has 8 heteroatoms. The fourth-order valence-electron chi connectivity index (χ4n) is 3.97. The number of methoxy groups -OCH3 is 1. The van der Waals surface area contributed by atoms with Crippen LogP contribution in [0.2, 0.25) is 0 Å². The smallest absolute Gasteiger partial charge is 0.267 e. The van der Waals surface area contributed by atoms with Crippen molar-refractivity contribution < 1.29 is 9.53 Å². The zero-order chi connectivity index (χ0) is 20.4. The van der Waals surface area contributed by atoms with Gasteiger partial charge in [-0.25, -0.2) is 4.98 Å². The molecule has 4 rings (SSSR count). The summed E-state index contributed by atoms with van der Waals surface area (Å²) in [5.41, 5.74) is 0.847. The molecule has 0 bridgehead atoms. The minimum atomic E-state index is -0.312. The van der Waals surface area contributed by atoms with Crippen LogP contribution in [0.15, 0.2) is 35.3 Å². The van der Waals surface area contributed by atoms with E-state index in [0.717, 1.165) is 25.7 Å². The zero-order valence-electron chi connectivity index (χ0n) is 16.5. The monoisotopic (exact) mass is 395 g/mol. The fourth-order valence-corrected chi connectivity index (χ4v) is 3.97. The number of amides is 1. The Morgan fingerprint density at radius 1 is 1.31 bits per heavy atom. The number of fused-ring (bicyclic) bond motifs is 2. The van der Waals surface area contributed by atoms with Gasteiger partial charge in [-0.1, -0.05) is 25.3 Å². The molecule has 2 N–H and O–H groups in total. The number of rotatable bonds is 5. The number of nitrogens with zero attached hydrogens (tertiary/aromatic N) is 3. The molecule has 0 atom stereocenters. The lowest BCUT2D eigenvalue weighted by Crippen LogP contribution is -2.40. The minimum absolute atomic E-state index is 0.0371. The van der Waals surface area contributed by atoms with Gasteiger partial charge in [0.2, 0.25) is 0 Å². The first kappa shape index (κ1) is 19.3. The first-order valence-corrected chi connectivity index (χ1v) is 9.99. The maximum absolute atomic E-state index is 13.1. The van der Waals surface area contributed by atoms with E-state index in [-0.39, 0.29) is 28.6 Å². The van der Waals surface area contributed by atoms with E-state index in [4.69, 9.17) is 10.1 Å². The third-order valence-corrected chi connectivity index (χ3v) is 5.52. The molecule has 8 nitrogen and oxygen atoms in total. The lowest BCUT2D eigenvalue weighted by molar-refractivity contribution is 0.0925. The molecule has 152 valence electrons. The third kappa shape index (κ3) is 3.67. The van der Waals surface area contributed by atoms with Crippen LogP contribution in [0.1, 0.15) is 42.5 Å². The van der Waals surface area contributed by atoms with Crippen molar-refractivity contribution in [2.45, 2.75) is 44.7 Å². The summed E-state index contributed by atoms with van der Waals surface area (Å²) < 4.78 is 8.21. The minimum Gasteiger partial charge on any atom is -0.383 e. The van der Waals surface area contributed by atoms with Crippen LogP contribution in [0.25, 0.3) is 16.7 Å². The quantitative estimate of drug-likeness (QED) is 0.644. The molecule has 1 aliphatic rings. The summed E-state index contributed by atoms with van der Waals surface area (Å²) in [5.74, 6) is -0.312. The van der Waals surface area contributed by atoms with E-state index in [1.54, 1.807) is 36.1 Å². The Hall–Kier alpha value is -3.00. The normalized spacial score (nSPS) is 15.1. The first-order chi connectivity index (χ1) is 14.1.